The highest BCUT2D eigenvalue weighted by Crippen LogP contribution is 1.91. The molecule has 0 bridgehead atoms. The summed E-state index contributed by atoms with van der Waals surface area (Å²) in [5.74, 6) is -0.407. The van der Waals surface area contributed by atoms with Crippen LogP contribution in [-0.2, 0) is 0 Å². The lowest BCUT2D eigenvalue weighted by atomic mass is 10.7. The van der Waals surface area contributed by atoms with Crippen LogP contribution in [0.5, 0.6) is 0 Å². The van der Waals surface area contributed by atoms with Gasteiger partial charge in [0.1, 0.15) is 6.26 Å². The number of nitrogens with one attached hydrogen (secondary N) is 1. The van der Waals surface area contributed by atoms with Gasteiger partial charge in [0, 0.05) is 6.20 Å². The van der Waals surface area contributed by atoms with Crippen LogP contribution in [0.2, 0.25) is 0 Å². The highest BCUT2D eigenvalue weighted by molar-refractivity contribution is 7.07. The van der Waals surface area contributed by atoms with E-state index in [0.717, 1.165) is 0 Å². The maximum Gasteiger partial charge on any atom is 0.416 e. The molecule has 2 heterocycles. The molecule has 0 aliphatic rings. The minimum Gasteiger partial charge on any atom is -0.417 e. The maximum absolute atomic E-state index is 9.85. The quantitative estimate of drug-likeness (QED) is 0.663. The van der Waals surface area contributed by atoms with Crippen molar-refractivity contribution in [1.29, 1.82) is 0 Å². The molecule has 0 aliphatic heterocycles. The lowest BCUT2D eigenvalue weighted by Gasteiger charge is -1.51. The van der Waals surface area contributed by atoms with Crippen molar-refractivity contribution in [2.75, 3.05) is 0 Å². The molecule has 2 rings (SSSR count). The molecular formula is C7H10NO2PS. The number of aromatic amines is 1. The minimum atomic E-state index is -0.407. The SMILES string of the molecule is O=c1[nH]cco1.P.c1ccsc1. The van der Waals surface area contributed by atoms with Crippen molar-refractivity contribution >= 4 is 21.2 Å². The molecule has 0 aliphatic carbocycles. The summed E-state index contributed by atoms with van der Waals surface area (Å²) < 4.78 is 4.22. The van der Waals surface area contributed by atoms with Crippen molar-refractivity contribution in [3.63, 3.8) is 0 Å². The predicted octanol–water partition coefficient (Wildman–Crippen LogP) is 1.77. The normalized spacial score (nSPS) is 7.67. The molecule has 1 atom stereocenters. The van der Waals surface area contributed by atoms with E-state index in [0.29, 0.717) is 0 Å². The molecule has 66 valence electrons. The molecule has 3 nitrogen and oxygen atoms in total. The summed E-state index contributed by atoms with van der Waals surface area (Å²) in [6.45, 7) is 0. The van der Waals surface area contributed by atoms with E-state index in [1.54, 1.807) is 11.3 Å². The Hall–Kier alpha value is -0.860. The fraction of sp³-hybridized carbons (Fsp3) is 0. The third-order valence-corrected chi connectivity index (χ3v) is 1.50. The van der Waals surface area contributed by atoms with E-state index in [9.17, 15) is 4.79 Å². The number of oxazole rings is 1. The number of aromatic nitrogens is 1. The summed E-state index contributed by atoms with van der Waals surface area (Å²) in [5, 5.41) is 4.08. The van der Waals surface area contributed by atoms with Gasteiger partial charge < -0.3 is 4.42 Å². The van der Waals surface area contributed by atoms with Crippen molar-refractivity contribution in [2.24, 2.45) is 0 Å². The molecule has 0 aromatic carbocycles. The van der Waals surface area contributed by atoms with Crippen LogP contribution in [0.3, 0.4) is 0 Å². The van der Waals surface area contributed by atoms with Gasteiger partial charge in [-0.2, -0.15) is 21.2 Å². The fourth-order valence-electron chi connectivity index (χ4n) is 0.459. The van der Waals surface area contributed by atoms with Gasteiger partial charge in [0.25, 0.3) is 0 Å². The van der Waals surface area contributed by atoms with Gasteiger partial charge in [-0.05, 0) is 10.8 Å². The first kappa shape index (κ1) is 11.1. The van der Waals surface area contributed by atoms with Gasteiger partial charge >= 0.3 is 5.76 Å². The second kappa shape index (κ2) is 6.83. The Labute approximate surface area is 77.1 Å². The van der Waals surface area contributed by atoms with Gasteiger partial charge in [0.15, 0.2) is 0 Å². The first-order chi connectivity index (χ1) is 5.39. The fourth-order valence-corrected chi connectivity index (χ4v) is 0.912. The number of H-pyrrole nitrogens is 1. The van der Waals surface area contributed by atoms with Gasteiger partial charge in [-0.15, -0.1) is 0 Å². The third-order valence-electron chi connectivity index (χ3n) is 0.870. The highest BCUT2D eigenvalue weighted by atomic mass is 32.1. The number of hydrogen-bond donors (Lipinski definition) is 1. The average molecular weight is 203 g/mol. The third kappa shape index (κ3) is 4.88. The first-order valence-electron chi connectivity index (χ1n) is 2.99. The van der Waals surface area contributed by atoms with E-state index < -0.39 is 5.76 Å². The molecule has 0 spiro atoms. The molecule has 0 saturated heterocycles. The smallest absolute Gasteiger partial charge is 0.416 e. The average Bonchev–Trinajstić information content (AvgIpc) is 2.57. The van der Waals surface area contributed by atoms with Crippen LogP contribution in [0.15, 0.2) is 44.6 Å². The van der Waals surface area contributed by atoms with Crippen LogP contribution >= 0.6 is 21.2 Å². The number of thiophene rings is 1. The Balaban J connectivity index is 0.000000189. The van der Waals surface area contributed by atoms with E-state index in [2.05, 4.69) is 9.40 Å². The summed E-state index contributed by atoms with van der Waals surface area (Å²) in [7, 11) is 0. The first-order valence-corrected chi connectivity index (χ1v) is 3.93. The zero-order valence-corrected chi connectivity index (χ0v) is 8.63. The largest absolute Gasteiger partial charge is 0.417 e. The van der Waals surface area contributed by atoms with E-state index >= 15 is 0 Å². The number of hydrogen-bond acceptors (Lipinski definition) is 3. The van der Waals surface area contributed by atoms with Crippen molar-refractivity contribution in [2.45, 2.75) is 0 Å². The molecule has 2 aromatic rings. The molecule has 2 aromatic heterocycles. The van der Waals surface area contributed by atoms with Gasteiger partial charge in [-0.25, -0.2) is 4.79 Å². The topological polar surface area (TPSA) is 46.0 Å². The van der Waals surface area contributed by atoms with Gasteiger partial charge in [0.05, 0.1) is 0 Å². The second-order valence-electron chi connectivity index (χ2n) is 1.65. The maximum atomic E-state index is 9.85. The van der Waals surface area contributed by atoms with E-state index in [1.807, 2.05) is 22.9 Å². The van der Waals surface area contributed by atoms with Crippen LogP contribution in [0, 0.1) is 0 Å². The highest BCUT2D eigenvalue weighted by Gasteiger charge is 1.72. The molecule has 1 unspecified atom stereocenters. The van der Waals surface area contributed by atoms with Crippen molar-refractivity contribution in [1.82, 2.24) is 4.98 Å². The van der Waals surface area contributed by atoms with Gasteiger partial charge in [-0.3, -0.25) is 4.98 Å². The van der Waals surface area contributed by atoms with E-state index in [-0.39, 0.29) is 9.90 Å². The molecule has 0 saturated carbocycles. The molecule has 0 fully saturated rings. The Morgan fingerprint density at radius 1 is 1.33 bits per heavy atom. The predicted molar refractivity (Wildman–Crippen MR) is 54.8 cm³/mol. The molecular weight excluding hydrogens is 193 g/mol. The molecule has 0 amide bonds. The van der Waals surface area contributed by atoms with E-state index in [4.69, 9.17) is 0 Å². The molecule has 1 N–H and O–H groups in total. The lowest BCUT2D eigenvalue weighted by molar-refractivity contribution is 0.515. The van der Waals surface area contributed by atoms with Crippen LogP contribution in [0.25, 0.3) is 0 Å². The summed E-state index contributed by atoms with van der Waals surface area (Å²) in [4.78, 5) is 12.1. The van der Waals surface area contributed by atoms with Gasteiger partial charge in [-0.1, -0.05) is 12.1 Å². The number of rotatable bonds is 0. The Morgan fingerprint density at radius 2 is 2.00 bits per heavy atom. The van der Waals surface area contributed by atoms with Crippen LogP contribution < -0.4 is 5.76 Å². The van der Waals surface area contributed by atoms with Crippen LogP contribution in [0.1, 0.15) is 0 Å². The zero-order chi connectivity index (χ0) is 7.94. The molecule has 5 heteroatoms. The Morgan fingerprint density at radius 3 is 2.17 bits per heavy atom. The summed E-state index contributed by atoms with van der Waals surface area (Å²) in [6, 6.07) is 4.04. The van der Waals surface area contributed by atoms with Crippen molar-refractivity contribution < 1.29 is 4.42 Å². The zero-order valence-electron chi connectivity index (χ0n) is 6.40. The Bertz CT molecular complexity index is 280. The van der Waals surface area contributed by atoms with Crippen LogP contribution in [-0.4, -0.2) is 4.98 Å². The second-order valence-corrected chi connectivity index (χ2v) is 2.46. The summed E-state index contributed by atoms with van der Waals surface area (Å²) in [5.41, 5.74) is 0. The van der Waals surface area contributed by atoms with E-state index in [1.165, 1.54) is 12.5 Å². The van der Waals surface area contributed by atoms with Crippen LogP contribution in [0.4, 0.5) is 0 Å². The van der Waals surface area contributed by atoms with Crippen molar-refractivity contribution in [3.8, 4) is 0 Å². The summed E-state index contributed by atoms with van der Waals surface area (Å²) >= 11 is 1.71. The van der Waals surface area contributed by atoms with Crippen molar-refractivity contribution in [3.05, 3.63) is 45.9 Å². The monoisotopic (exact) mass is 203 g/mol. The lowest BCUT2D eigenvalue weighted by Crippen LogP contribution is -1.91. The molecule has 12 heavy (non-hydrogen) atoms. The molecule has 0 radical (unpaired) electrons. The minimum absolute atomic E-state index is 0. The Kier molecular flexibility index (Phi) is 6.34. The standard InChI is InChI=1S/C4H4S.C3H3NO2.H3P/c1-2-4-5-3-1;5-3-4-1-2-6-3;/h1-4H;1-2H,(H,4,5);1H3. The summed E-state index contributed by atoms with van der Waals surface area (Å²) in [6.07, 6.45) is 2.73. The van der Waals surface area contributed by atoms with Gasteiger partial charge in [0.2, 0.25) is 0 Å².